The second kappa shape index (κ2) is 6.20. The van der Waals surface area contributed by atoms with Gasteiger partial charge in [0.2, 0.25) is 5.95 Å². The fourth-order valence-corrected chi connectivity index (χ4v) is 4.96. The second-order valence-corrected chi connectivity index (χ2v) is 8.48. The average Bonchev–Trinajstić information content (AvgIpc) is 2.59. The maximum absolute atomic E-state index is 13.3. The number of aliphatic hydroxyl groups excluding tert-OH is 1. The van der Waals surface area contributed by atoms with Crippen LogP contribution in [0.4, 0.5) is 24.9 Å². The van der Waals surface area contributed by atoms with Crippen molar-refractivity contribution < 1.29 is 23.1 Å². The summed E-state index contributed by atoms with van der Waals surface area (Å²) in [4.78, 5) is 20.2. The summed E-state index contributed by atoms with van der Waals surface area (Å²) in [5.41, 5.74) is 3.10. The standard InChI is InChI=1S/C18H24F3N5O2/c1-9-16(18(19,20)21)7-17(9,8-16)26-14-12(13(22)28)6-23-15(25-14)24-10-2-4-11(27)5-3-10/h6,9-11,27H,2-5,7-8H2,1H3,(H2,22,28)(H2,23,24,25,26)/t9-,10?,11?,16?,17?/m0/s1. The lowest BCUT2D eigenvalue weighted by atomic mass is 9.33. The molecule has 1 atom stereocenters. The molecule has 5 N–H and O–H groups in total. The summed E-state index contributed by atoms with van der Waals surface area (Å²) in [7, 11) is 0. The van der Waals surface area contributed by atoms with E-state index in [4.69, 9.17) is 5.73 Å². The number of carbonyl (C=O) groups excluding carboxylic acids is 1. The van der Waals surface area contributed by atoms with E-state index in [-0.39, 0.29) is 36.4 Å². The zero-order valence-corrected chi connectivity index (χ0v) is 15.5. The molecule has 2 bridgehead atoms. The Morgan fingerprint density at radius 1 is 1.29 bits per heavy atom. The number of primary amides is 1. The zero-order chi connectivity index (χ0) is 20.3. The number of halogens is 3. The van der Waals surface area contributed by atoms with Crippen molar-refractivity contribution in [2.75, 3.05) is 10.6 Å². The lowest BCUT2D eigenvalue weighted by molar-refractivity contribution is -0.360. The van der Waals surface area contributed by atoms with Gasteiger partial charge < -0.3 is 21.5 Å². The molecule has 10 heteroatoms. The summed E-state index contributed by atoms with van der Waals surface area (Å²) in [6.45, 7) is 1.57. The number of anilines is 2. The van der Waals surface area contributed by atoms with Crippen molar-refractivity contribution in [2.45, 2.75) is 69.3 Å². The highest BCUT2D eigenvalue weighted by atomic mass is 19.4. The van der Waals surface area contributed by atoms with E-state index in [2.05, 4.69) is 20.6 Å². The molecule has 4 aliphatic carbocycles. The molecule has 0 saturated heterocycles. The quantitative estimate of drug-likeness (QED) is 0.605. The number of rotatable bonds is 5. The summed E-state index contributed by atoms with van der Waals surface area (Å²) in [6.07, 6.45) is -0.392. The van der Waals surface area contributed by atoms with Crippen molar-refractivity contribution in [3.8, 4) is 0 Å². The lowest BCUT2D eigenvalue weighted by Gasteiger charge is -2.75. The van der Waals surface area contributed by atoms with Gasteiger partial charge in [0, 0.05) is 17.8 Å². The van der Waals surface area contributed by atoms with Crippen molar-refractivity contribution in [3.63, 3.8) is 0 Å². The molecule has 1 heterocycles. The van der Waals surface area contributed by atoms with Crippen molar-refractivity contribution >= 4 is 17.7 Å². The first kappa shape index (κ1) is 19.2. The van der Waals surface area contributed by atoms with Crippen LogP contribution in [0.3, 0.4) is 0 Å². The van der Waals surface area contributed by atoms with Gasteiger partial charge in [0.15, 0.2) is 0 Å². The Labute approximate surface area is 160 Å². The van der Waals surface area contributed by atoms with E-state index >= 15 is 0 Å². The van der Waals surface area contributed by atoms with Crippen molar-refractivity contribution in [3.05, 3.63) is 11.8 Å². The second-order valence-electron chi connectivity index (χ2n) is 8.48. The predicted molar refractivity (Wildman–Crippen MR) is 95.7 cm³/mol. The van der Waals surface area contributed by atoms with Gasteiger partial charge in [-0.3, -0.25) is 4.79 Å². The number of amides is 1. The molecule has 4 saturated carbocycles. The Hall–Kier alpha value is -2.10. The average molecular weight is 399 g/mol. The summed E-state index contributed by atoms with van der Waals surface area (Å²) in [5.74, 6) is -0.881. The van der Waals surface area contributed by atoms with Gasteiger partial charge in [-0.1, -0.05) is 6.92 Å². The molecule has 4 fully saturated rings. The molecule has 0 spiro atoms. The zero-order valence-electron chi connectivity index (χ0n) is 15.5. The Morgan fingerprint density at radius 3 is 2.46 bits per heavy atom. The fourth-order valence-electron chi connectivity index (χ4n) is 4.96. The summed E-state index contributed by atoms with van der Waals surface area (Å²) >= 11 is 0. The molecular weight excluding hydrogens is 375 g/mol. The first-order valence-corrected chi connectivity index (χ1v) is 9.53. The molecule has 1 amide bonds. The largest absolute Gasteiger partial charge is 0.395 e. The van der Waals surface area contributed by atoms with E-state index in [0.29, 0.717) is 18.8 Å². The van der Waals surface area contributed by atoms with E-state index < -0.39 is 29.0 Å². The molecule has 5 rings (SSSR count). The van der Waals surface area contributed by atoms with Crippen LogP contribution in [0.2, 0.25) is 0 Å². The number of nitrogens with zero attached hydrogens (tertiary/aromatic N) is 2. The monoisotopic (exact) mass is 399 g/mol. The number of nitrogens with one attached hydrogen (secondary N) is 2. The minimum absolute atomic E-state index is 0.0316. The third kappa shape index (κ3) is 2.80. The smallest absolute Gasteiger partial charge is 0.393 e. The SMILES string of the molecule is C[C@@H]1C2(Nc3nc(NC4CCC(O)CC4)ncc3C(N)=O)CC1(C(F)(F)F)C2. The normalized spacial score (nSPS) is 36.8. The lowest BCUT2D eigenvalue weighted by Crippen LogP contribution is -2.82. The Kier molecular flexibility index (Phi) is 4.26. The fraction of sp³-hybridized carbons (Fsp3) is 0.722. The molecular formula is C18H24F3N5O2. The number of alkyl halides is 3. The van der Waals surface area contributed by atoms with Gasteiger partial charge in [-0.15, -0.1) is 0 Å². The van der Waals surface area contributed by atoms with E-state index in [1.54, 1.807) is 6.92 Å². The van der Waals surface area contributed by atoms with E-state index in [9.17, 15) is 23.1 Å². The van der Waals surface area contributed by atoms with Crippen LogP contribution < -0.4 is 16.4 Å². The molecule has 4 aliphatic rings. The van der Waals surface area contributed by atoms with Gasteiger partial charge in [0.25, 0.3) is 5.91 Å². The van der Waals surface area contributed by atoms with Crippen LogP contribution in [0.25, 0.3) is 0 Å². The third-order valence-electron chi connectivity index (χ3n) is 6.94. The summed E-state index contributed by atoms with van der Waals surface area (Å²) < 4.78 is 39.9. The number of aromatic nitrogens is 2. The molecule has 28 heavy (non-hydrogen) atoms. The number of carbonyl (C=O) groups is 1. The van der Waals surface area contributed by atoms with Crippen molar-refractivity contribution in [2.24, 2.45) is 17.1 Å². The van der Waals surface area contributed by atoms with Crippen LogP contribution in [0.1, 0.15) is 55.8 Å². The van der Waals surface area contributed by atoms with E-state index in [0.717, 1.165) is 12.8 Å². The van der Waals surface area contributed by atoms with Crippen LogP contribution in [0, 0.1) is 11.3 Å². The van der Waals surface area contributed by atoms with Gasteiger partial charge in [0.1, 0.15) is 5.82 Å². The van der Waals surface area contributed by atoms with Crippen LogP contribution >= 0.6 is 0 Å². The first-order chi connectivity index (χ1) is 13.1. The topological polar surface area (TPSA) is 113 Å². The number of hydrogen-bond acceptors (Lipinski definition) is 6. The van der Waals surface area contributed by atoms with Crippen molar-refractivity contribution in [1.82, 2.24) is 9.97 Å². The summed E-state index contributed by atoms with van der Waals surface area (Å²) in [5, 5.41) is 15.9. The molecule has 154 valence electrons. The molecule has 0 unspecified atom stereocenters. The highest BCUT2D eigenvalue weighted by Gasteiger charge is 2.83. The minimum Gasteiger partial charge on any atom is -0.393 e. The van der Waals surface area contributed by atoms with Crippen molar-refractivity contribution in [1.29, 1.82) is 0 Å². The van der Waals surface area contributed by atoms with E-state index in [1.807, 2.05) is 0 Å². The van der Waals surface area contributed by atoms with Crippen LogP contribution in [0.5, 0.6) is 0 Å². The van der Waals surface area contributed by atoms with Gasteiger partial charge in [-0.05, 0) is 44.4 Å². The van der Waals surface area contributed by atoms with Crippen LogP contribution in [0.15, 0.2) is 6.20 Å². The van der Waals surface area contributed by atoms with Crippen LogP contribution in [-0.4, -0.2) is 44.8 Å². The number of aliphatic hydroxyl groups is 1. The maximum atomic E-state index is 13.3. The number of hydrogen-bond donors (Lipinski definition) is 4. The molecule has 0 aliphatic heterocycles. The first-order valence-electron chi connectivity index (χ1n) is 9.53. The van der Waals surface area contributed by atoms with Gasteiger partial charge in [-0.2, -0.15) is 18.2 Å². The van der Waals surface area contributed by atoms with Crippen LogP contribution in [-0.2, 0) is 0 Å². The molecule has 0 aromatic carbocycles. The maximum Gasteiger partial charge on any atom is 0.395 e. The third-order valence-corrected chi connectivity index (χ3v) is 6.94. The molecule has 7 nitrogen and oxygen atoms in total. The molecule has 1 aromatic heterocycles. The Bertz CT molecular complexity index is 786. The molecule has 1 aromatic rings. The van der Waals surface area contributed by atoms with E-state index in [1.165, 1.54) is 6.20 Å². The Morgan fingerprint density at radius 2 is 1.93 bits per heavy atom. The highest BCUT2D eigenvalue weighted by Crippen LogP contribution is 2.77. The molecule has 0 radical (unpaired) electrons. The van der Waals surface area contributed by atoms with Gasteiger partial charge in [-0.25, -0.2) is 4.98 Å². The summed E-state index contributed by atoms with van der Waals surface area (Å²) in [6, 6.07) is 0.0954. The minimum atomic E-state index is -4.23. The predicted octanol–water partition coefficient (Wildman–Crippen LogP) is 2.43. The number of nitrogens with two attached hydrogens (primary N) is 1. The highest BCUT2D eigenvalue weighted by molar-refractivity contribution is 5.97. The Balaban J connectivity index is 1.51. The van der Waals surface area contributed by atoms with Gasteiger partial charge >= 0.3 is 6.18 Å². The van der Waals surface area contributed by atoms with Gasteiger partial charge in [0.05, 0.1) is 17.1 Å².